The van der Waals surface area contributed by atoms with Crippen molar-refractivity contribution in [3.63, 3.8) is 0 Å². The lowest BCUT2D eigenvalue weighted by Crippen LogP contribution is -2.31. The van der Waals surface area contributed by atoms with Crippen LogP contribution in [0.4, 0.5) is 17.3 Å². The molecule has 5 heteroatoms. The zero-order valence-corrected chi connectivity index (χ0v) is 16.3. The monoisotopic (exact) mass is 362 g/mol. The fraction of sp³-hybridized carbons (Fsp3) is 0.273. The SMILES string of the molecule is COc1ccc(Nc2cc(N(Cc3ccccc3)C(C)C)nc(C)n2)cc1. The first-order valence-corrected chi connectivity index (χ1v) is 9.12. The van der Waals surface area contributed by atoms with Crippen LogP contribution in [-0.4, -0.2) is 23.1 Å². The van der Waals surface area contributed by atoms with Gasteiger partial charge in [0.05, 0.1) is 7.11 Å². The van der Waals surface area contributed by atoms with Crippen molar-refractivity contribution < 1.29 is 4.74 Å². The summed E-state index contributed by atoms with van der Waals surface area (Å²) in [5.41, 5.74) is 2.21. The lowest BCUT2D eigenvalue weighted by Gasteiger charge is -2.28. The van der Waals surface area contributed by atoms with Crippen LogP contribution in [0.3, 0.4) is 0 Å². The highest BCUT2D eigenvalue weighted by atomic mass is 16.5. The molecule has 0 bridgehead atoms. The van der Waals surface area contributed by atoms with Crippen molar-refractivity contribution >= 4 is 17.3 Å². The van der Waals surface area contributed by atoms with Crippen LogP contribution in [0.15, 0.2) is 60.7 Å². The van der Waals surface area contributed by atoms with Crippen molar-refractivity contribution in [2.75, 3.05) is 17.3 Å². The van der Waals surface area contributed by atoms with E-state index in [0.717, 1.165) is 35.4 Å². The van der Waals surface area contributed by atoms with Gasteiger partial charge in [-0.1, -0.05) is 30.3 Å². The van der Waals surface area contributed by atoms with Crippen LogP contribution in [0.1, 0.15) is 25.2 Å². The second-order valence-corrected chi connectivity index (χ2v) is 6.72. The third-order valence-corrected chi connectivity index (χ3v) is 4.30. The summed E-state index contributed by atoms with van der Waals surface area (Å²) in [6, 6.07) is 20.6. The molecule has 0 atom stereocenters. The van der Waals surface area contributed by atoms with Gasteiger partial charge in [-0.25, -0.2) is 9.97 Å². The maximum atomic E-state index is 5.21. The van der Waals surface area contributed by atoms with Crippen LogP contribution >= 0.6 is 0 Å². The minimum Gasteiger partial charge on any atom is -0.497 e. The lowest BCUT2D eigenvalue weighted by atomic mass is 10.2. The van der Waals surface area contributed by atoms with E-state index in [-0.39, 0.29) is 0 Å². The molecule has 0 amide bonds. The van der Waals surface area contributed by atoms with Crippen molar-refractivity contribution in [1.29, 1.82) is 0 Å². The number of benzene rings is 2. The van der Waals surface area contributed by atoms with Crippen LogP contribution < -0.4 is 15.0 Å². The standard InChI is InChI=1S/C22H26N4O/c1-16(2)26(15-18-8-6-5-7-9-18)22-14-21(23-17(3)24-22)25-19-10-12-20(27-4)13-11-19/h5-14,16H,15H2,1-4H3,(H,23,24,25). The summed E-state index contributed by atoms with van der Waals surface area (Å²) in [6.45, 7) is 7.08. The molecule has 5 nitrogen and oxygen atoms in total. The molecule has 140 valence electrons. The van der Waals surface area contributed by atoms with E-state index in [1.165, 1.54) is 5.56 Å². The van der Waals surface area contributed by atoms with Crippen molar-refractivity contribution in [2.45, 2.75) is 33.4 Å². The smallest absolute Gasteiger partial charge is 0.136 e. The van der Waals surface area contributed by atoms with Gasteiger partial charge in [0.2, 0.25) is 0 Å². The van der Waals surface area contributed by atoms with E-state index < -0.39 is 0 Å². The predicted molar refractivity (Wildman–Crippen MR) is 111 cm³/mol. The molecule has 3 aromatic rings. The Morgan fingerprint density at radius 2 is 1.70 bits per heavy atom. The number of methoxy groups -OCH3 is 1. The quantitative estimate of drug-likeness (QED) is 0.644. The minimum absolute atomic E-state index is 0.313. The van der Waals surface area contributed by atoms with Crippen LogP contribution in [0, 0.1) is 6.92 Å². The van der Waals surface area contributed by atoms with E-state index in [9.17, 15) is 0 Å². The molecule has 0 radical (unpaired) electrons. The van der Waals surface area contributed by atoms with Gasteiger partial charge in [0.15, 0.2) is 0 Å². The fourth-order valence-electron chi connectivity index (χ4n) is 2.89. The Bertz CT molecular complexity index is 863. The number of aromatic nitrogens is 2. The van der Waals surface area contributed by atoms with Gasteiger partial charge in [-0.3, -0.25) is 0 Å². The van der Waals surface area contributed by atoms with Gasteiger partial charge >= 0.3 is 0 Å². The average Bonchev–Trinajstić information content (AvgIpc) is 2.67. The molecule has 1 heterocycles. The van der Waals surface area contributed by atoms with Gasteiger partial charge < -0.3 is 15.0 Å². The third kappa shape index (κ3) is 4.97. The van der Waals surface area contributed by atoms with Gasteiger partial charge in [-0.2, -0.15) is 0 Å². The molecule has 0 aliphatic rings. The zero-order valence-electron chi connectivity index (χ0n) is 16.3. The second kappa shape index (κ2) is 8.54. The summed E-state index contributed by atoms with van der Waals surface area (Å²) < 4.78 is 5.21. The van der Waals surface area contributed by atoms with Crippen molar-refractivity contribution in [3.05, 3.63) is 72.1 Å². The molecule has 0 spiro atoms. The molecule has 0 aliphatic carbocycles. The van der Waals surface area contributed by atoms with Gasteiger partial charge in [-0.05, 0) is 50.6 Å². The molecule has 3 rings (SSSR count). The fourth-order valence-corrected chi connectivity index (χ4v) is 2.89. The Kier molecular flexibility index (Phi) is 5.91. The Morgan fingerprint density at radius 1 is 1.00 bits per heavy atom. The number of hydrogen-bond acceptors (Lipinski definition) is 5. The topological polar surface area (TPSA) is 50.3 Å². The maximum Gasteiger partial charge on any atom is 0.136 e. The first kappa shape index (κ1) is 18.7. The van der Waals surface area contributed by atoms with Gasteiger partial charge in [0.25, 0.3) is 0 Å². The van der Waals surface area contributed by atoms with Crippen LogP contribution in [0.5, 0.6) is 5.75 Å². The van der Waals surface area contributed by atoms with E-state index in [0.29, 0.717) is 6.04 Å². The summed E-state index contributed by atoms with van der Waals surface area (Å²) in [4.78, 5) is 11.5. The van der Waals surface area contributed by atoms with E-state index in [1.54, 1.807) is 7.11 Å². The Hall–Kier alpha value is -3.08. The van der Waals surface area contributed by atoms with E-state index in [4.69, 9.17) is 4.74 Å². The molecule has 0 aliphatic heterocycles. The minimum atomic E-state index is 0.313. The Labute approximate surface area is 161 Å². The van der Waals surface area contributed by atoms with Gasteiger partial charge in [-0.15, -0.1) is 0 Å². The van der Waals surface area contributed by atoms with Crippen LogP contribution in [0.2, 0.25) is 0 Å². The summed E-state index contributed by atoms with van der Waals surface area (Å²) in [5, 5.41) is 3.36. The summed E-state index contributed by atoms with van der Waals surface area (Å²) in [7, 11) is 1.66. The first-order chi connectivity index (χ1) is 13.0. The second-order valence-electron chi connectivity index (χ2n) is 6.72. The number of rotatable bonds is 7. The number of aryl methyl sites for hydroxylation is 1. The van der Waals surface area contributed by atoms with E-state index in [2.05, 4.69) is 58.3 Å². The van der Waals surface area contributed by atoms with Crippen molar-refractivity contribution in [3.8, 4) is 5.75 Å². The van der Waals surface area contributed by atoms with E-state index in [1.807, 2.05) is 43.3 Å². The maximum absolute atomic E-state index is 5.21. The van der Waals surface area contributed by atoms with Gasteiger partial charge in [0.1, 0.15) is 23.2 Å². The molecule has 0 unspecified atom stereocenters. The van der Waals surface area contributed by atoms with Crippen molar-refractivity contribution in [2.24, 2.45) is 0 Å². The summed E-state index contributed by atoms with van der Waals surface area (Å²) in [5.74, 6) is 3.26. The third-order valence-electron chi connectivity index (χ3n) is 4.30. The molecule has 27 heavy (non-hydrogen) atoms. The molecule has 2 aromatic carbocycles. The molecular weight excluding hydrogens is 336 g/mol. The molecule has 0 saturated heterocycles. The molecule has 0 saturated carbocycles. The summed E-state index contributed by atoms with van der Waals surface area (Å²) >= 11 is 0. The zero-order chi connectivity index (χ0) is 19.2. The molecule has 1 aromatic heterocycles. The number of hydrogen-bond donors (Lipinski definition) is 1. The predicted octanol–water partition coefficient (Wildman–Crippen LogP) is 4.95. The largest absolute Gasteiger partial charge is 0.497 e. The van der Waals surface area contributed by atoms with E-state index >= 15 is 0 Å². The highest BCUT2D eigenvalue weighted by Gasteiger charge is 2.15. The molecular formula is C22H26N4O. The summed E-state index contributed by atoms with van der Waals surface area (Å²) in [6.07, 6.45) is 0. The first-order valence-electron chi connectivity index (χ1n) is 9.12. The lowest BCUT2D eigenvalue weighted by molar-refractivity contribution is 0.415. The molecule has 0 fully saturated rings. The highest BCUT2D eigenvalue weighted by molar-refractivity contribution is 5.60. The number of ether oxygens (including phenoxy) is 1. The Balaban J connectivity index is 1.85. The normalized spacial score (nSPS) is 10.7. The highest BCUT2D eigenvalue weighted by Crippen LogP contribution is 2.24. The van der Waals surface area contributed by atoms with Crippen molar-refractivity contribution in [1.82, 2.24) is 9.97 Å². The molecule has 1 N–H and O–H groups in total. The average molecular weight is 362 g/mol. The number of anilines is 3. The Morgan fingerprint density at radius 3 is 2.33 bits per heavy atom. The number of nitrogens with one attached hydrogen (secondary N) is 1. The van der Waals surface area contributed by atoms with Crippen LogP contribution in [0.25, 0.3) is 0 Å². The van der Waals surface area contributed by atoms with Gasteiger partial charge in [0, 0.05) is 24.3 Å². The number of nitrogens with zero attached hydrogens (tertiary/aromatic N) is 3. The van der Waals surface area contributed by atoms with Crippen LogP contribution in [-0.2, 0) is 6.54 Å².